The number of carbonyl (C=O) groups excluding carboxylic acids is 2. The fraction of sp³-hybridized carbons (Fsp3) is 0.160. The van der Waals surface area contributed by atoms with Gasteiger partial charge in [-0.3, -0.25) is 10.1 Å². The highest BCUT2D eigenvalue weighted by Crippen LogP contribution is 2.28. The third kappa shape index (κ3) is 6.26. The third-order valence-electron chi connectivity index (χ3n) is 4.87. The molecule has 6 nitrogen and oxygen atoms in total. The Labute approximate surface area is 213 Å². The summed E-state index contributed by atoms with van der Waals surface area (Å²) in [5.74, 6) is -0.279. The summed E-state index contributed by atoms with van der Waals surface area (Å²) in [5, 5.41) is 3.80. The quantitative estimate of drug-likeness (QED) is 0.311. The Balaban J connectivity index is 1.91. The van der Waals surface area contributed by atoms with Gasteiger partial charge in [-0.25, -0.2) is 4.79 Å². The van der Waals surface area contributed by atoms with Gasteiger partial charge in [0.05, 0.1) is 25.8 Å². The van der Waals surface area contributed by atoms with Crippen LogP contribution in [-0.4, -0.2) is 30.7 Å². The molecule has 3 rings (SSSR count). The summed E-state index contributed by atoms with van der Waals surface area (Å²) in [4.78, 5) is 26.6. The molecular weight excluding hydrogens is 495 g/mol. The number of nitrogens with zero attached hydrogens (tertiary/aromatic N) is 1. The summed E-state index contributed by atoms with van der Waals surface area (Å²) < 4.78 is 10.2. The van der Waals surface area contributed by atoms with E-state index in [2.05, 4.69) is 5.32 Å². The van der Waals surface area contributed by atoms with Gasteiger partial charge in [0.25, 0.3) is 5.91 Å². The Morgan fingerprint density at radius 1 is 0.971 bits per heavy atom. The van der Waals surface area contributed by atoms with Crippen LogP contribution >= 0.6 is 35.4 Å². The van der Waals surface area contributed by atoms with Crippen LogP contribution in [0.25, 0.3) is 0 Å². The van der Waals surface area contributed by atoms with Crippen molar-refractivity contribution < 1.29 is 19.1 Å². The number of thiocarbonyl (C=S) groups is 1. The molecule has 0 aliphatic carbocycles. The van der Waals surface area contributed by atoms with Gasteiger partial charge in [0.1, 0.15) is 5.75 Å². The Kier molecular flexibility index (Phi) is 8.87. The summed E-state index contributed by atoms with van der Waals surface area (Å²) in [6.07, 6.45) is 0. The summed E-state index contributed by atoms with van der Waals surface area (Å²) in [5.41, 5.74) is 2.04. The predicted molar refractivity (Wildman–Crippen MR) is 138 cm³/mol. The fourth-order valence-corrected chi connectivity index (χ4v) is 3.89. The minimum absolute atomic E-state index is 0.132. The average molecular weight is 517 g/mol. The zero-order chi connectivity index (χ0) is 24.7. The zero-order valence-electron chi connectivity index (χ0n) is 18.5. The van der Waals surface area contributed by atoms with Crippen LogP contribution < -0.4 is 15.0 Å². The van der Waals surface area contributed by atoms with E-state index in [1.165, 1.54) is 7.11 Å². The van der Waals surface area contributed by atoms with Crippen molar-refractivity contribution in [3.8, 4) is 5.75 Å². The minimum Gasteiger partial charge on any atom is -0.497 e. The lowest BCUT2D eigenvalue weighted by molar-refractivity contribution is 0.0526. The molecule has 34 heavy (non-hydrogen) atoms. The monoisotopic (exact) mass is 516 g/mol. The Morgan fingerprint density at radius 2 is 1.62 bits per heavy atom. The Hall–Kier alpha value is -3.13. The van der Waals surface area contributed by atoms with E-state index < -0.39 is 11.9 Å². The van der Waals surface area contributed by atoms with E-state index in [1.54, 1.807) is 78.6 Å². The first-order valence-corrected chi connectivity index (χ1v) is 11.5. The predicted octanol–water partition coefficient (Wildman–Crippen LogP) is 5.90. The first-order valence-electron chi connectivity index (χ1n) is 10.3. The van der Waals surface area contributed by atoms with E-state index in [9.17, 15) is 9.59 Å². The van der Waals surface area contributed by atoms with Crippen molar-refractivity contribution in [2.45, 2.75) is 13.5 Å². The van der Waals surface area contributed by atoms with E-state index in [1.807, 2.05) is 0 Å². The van der Waals surface area contributed by atoms with Crippen molar-refractivity contribution in [1.29, 1.82) is 0 Å². The van der Waals surface area contributed by atoms with Crippen LogP contribution in [-0.2, 0) is 11.3 Å². The maximum Gasteiger partial charge on any atom is 0.338 e. The molecule has 0 saturated heterocycles. The smallest absolute Gasteiger partial charge is 0.338 e. The highest BCUT2D eigenvalue weighted by molar-refractivity contribution is 7.80. The van der Waals surface area contributed by atoms with Gasteiger partial charge in [0, 0.05) is 26.9 Å². The molecule has 0 spiro atoms. The van der Waals surface area contributed by atoms with Gasteiger partial charge in [-0.1, -0.05) is 35.3 Å². The number of nitrogens with one attached hydrogen (secondary N) is 1. The van der Waals surface area contributed by atoms with Gasteiger partial charge in [-0.15, -0.1) is 0 Å². The van der Waals surface area contributed by atoms with Gasteiger partial charge in [0.15, 0.2) is 5.11 Å². The molecule has 1 N–H and O–H groups in total. The second-order valence-electron chi connectivity index (χ2n) is 7.04. The lowest BCUT2D eigenvalue weighted by Gasteiger charge is -2.26. The number of hydrogen-bond donors (Lipinski definition) is 1. The molecule has 0 aromatic heterocycles. The van der Waals surface area contributed by atoms with Gasteiger partial charge in [0.2, 0.25) is 0 Å². The van der Waals surface area contributed by atoms with Crippen molar-refractivity contribution in [3.05, 3.63) is 93.5 Å². The summed E-state index contributed by atoms with van der Waals surface area (Å²) in [6.45, 7) is 2.21. The van der Waals surface area contributed by atoms with Gasteiger partial charge < -0.3 is 14.4 Å². The molecule has 176 valence electrons. The first-order chi connectivity index (χ1) is 16.3. The van der Waals surface area contributed by atoms with Crippen LogP contribution in [0.15, 0.2) is 66.7 Å². The first kappa shape index (κ1) is 25.5. The summed E-state index contributed by atoms with van der Waals surface area (Å²) in [7, 11) is 1.52. The maximum absolute atomic E-state index is 12.9. The fourth-order valence-electron chi connectivity index (χ4n) is 3.11. The van der Waals surface area contributed by atoms with E-state index in [0.29, 0.717) is 38.2 Å². The molecule has 9 heteroatoms. The molecule has 0 aliphatic rings. The van der Waals surface area contributed by atoms with E-state index in [-0.39, 0.29) is 18.3 Å². The molecule has 0 heterocycles. The second-order valence-corrected chi connectivity index (χ2v) is 8.25. The molecule has 0 radical (unpaired) electrons. The van der Waals surface area contributed by atoms with Crippen LogP contribution in [0.3, 0.4) is 0 Å². The summed E-state index contributed by atoms with van der Waals surface area (Å²) in [6, 6.07) is 18.6. The number of anilines is 1. The largest absolute Gasteiger partial charge is 0.497 e. The highest BCUT2D eigenvalue weighted by atomic mass is 35.5. The van der Waals surface area contributed by atoms with Crippen LogP contribution in [0.2, 0.25) is 10.0 Å². The number of halogens is 2. The molecule has 0 aliphatic heterocycles. The normalized spacial score (nSPS) is 10.4. The molecule has 1 amide bonds. The number of rotatable bonds is 7. The number of amides is 1. The molecule has 3 aromatic rings. The van der Waals surface area contributed by atoms with Gasteiger partial charge >= 0.3 is 5.97 Å². The number of methoxy groups -OCH3 is 1. The van der Waals surface area contributed by atoms with Gasteiger partial charge in [-0.05, 0) is 73.7 Å². The molecule has 0 fully saturated rings. The van der Waals surface area contributed by atoms with Gasteiger partial charge in [-0.2, -0.15) is 0 Å². The number of esters is 1. The summed E-state index contributed by atoms with van der Waals surface area (Å²) >= 11 is 18.4. The van der Waals surface area contributed by atoms with E-state index in [0.717, 1.165) is 0 Å². The van der Waals surface area contributed by atoms with Crippen LogP contribution in [0, 0.1) is 0 Å². The average Bonchev–Trinajstić information content (AvgIpc) is 2.84. The molecular formula is C25H22Cl2N2O4S. The lowest BCUT2D eigenvalue weighted by atomic mass is 10.1. The minimum atomic E-state index is -0.427. The third-order valence-corrected chi connectivity index (χ3v) is 5.90. The maximum atomic E-state index is 12.9. The van der Waals surface area contributed by atoms with Crippen LogP contribution in [0.5, 0.6) is 5.75 Å². The van der Waals surface area contributed by atoms with Crippen LogP contribution in [0.4, 0.5) is 5.69 Å². The number of hydrogen-bond acceptors (Lipinski definition) is 5. The molecule has 0 unspecified atom stereocenters. The van der Waals surface area contributed by atoms with Crippen molar-refractivity contribution in [2.75, 3.05) is 18.6 Å². The van der Waals surface area contributed by atoms with Crippen molar-refractivity contribution in [2.24, 2.45) is 0 Å². The standard InChI is InChI=1S/C25H22Cl2N2O4S/c1-3-33-24(31)16-10-12-18(13-11-16)29(15-20-21(26)8-5-9-22(20)27)25(34)28-23(30)17-6-4-7-19(14-17)32-2/h4-14H,3,15H2,1-2H3,(H,28,30,34). The van der Waals surface area contributed by atoms with Crippen molar-refractivity contribution in [3.63, 3.8) is 0 Å². The molecule has 3 aromatic carbocycles. The van der Waals surface area contributed by atoms with Crippen molar-refractivity contribution in [1.82, 2.24) is 5.32 Å². The zero-order valence-corrected chi connectivity index (χ0v) is 20.8. The lowest BCUT2D eigenvalue weighted by Crippen LogP contribution is -2.42. The molecule has 0 bridgehead atoms. The molecule has 0 saturated carbocycles. The highest BCUT2D eigenvalue weighted by Gasteiger charge is 2.20. The topological polar surface area (TPSA) is 67.9 Å². The SMILES string of the molecule is CCOC(=O)c1ccc(N(Cc2c(Cl)cccc2Cl)C(=S)NC(=O)c2cccc(OC)c2)cc1. The number of benzene rings is 3. The molecule has 0 atom stereocenters. The Morgan fingerprint density at radius 3 is 2.24 bits per heavy atom. The van der Waals surface area contributed by atoms with Crippen LogP contribution in [0.1, 0.15) is 33.2 Å². The number of carbonyl (C=O) groups is 2. The second kappa shape index (κ2) is 11.8. The van der Waals surface area contributed by atoms with E-state index in [4.69, 9.17) is 44.9 Å². The van der Waals surface area contributed by atoms with E-state index >= 15 is 0 Å². The Bertz CT molecular complexity index is 1180. The van der Waals surface area contributed by atoms with Crippen molar-refractivity contribution >= 4 is 58.1 Å². The number of ether oxygens (including phenoxy) is 2.